The number of hydrogen-bond donors (Lipinski definition) is 4. The standard InChI is InChI=1S/C70H124N8O25.C2HF3O2/c1-4-5-6-62-74-67-68(70(103-59(2)3)76-75-69(67)71)78(62)58-61-9-7-60(8-10-61)57-73-64(80)14-17-83-19-21-85-23-25-87-27-29-89-31-33-91-35-37-93-39-41-95-43-45-97-47-49-99-51-53-101-55-56-102-54-52-100-50-48-98-46-44-96-42-40-94-38-36-92-34-32-90-30-28-88-26-24-86-22-20-84-18-15-72-63(79)13-16-77-65(81)11-12-66(77)82;3-2(4,5)1(6)7/h11-12,59-61H,4-10,13-58H2,1-3H3,(H2,71,75)(H,72,79)(H,73,80);(H,6,7)/t60-,61-;. The molecule has 1 saturated carbocycles. The summed E-state index contributed by atoms with van der Waals surface area (Å²) in [6.07, 6.45) is 4.85. The minimum Gasteiger partial charge on any atom is -0.475 e. The predicted octanol–water partition coefficient (Wildman–Crippen LogP) is 3.25. The molecule has 0 spiro atoms. The second-order valence-corrected chi connectivity index (χ2v) is 24.7. The van der Waals surface area contributed by atoms with Crippen LogP contribution in [0.5, 0.6) is 5.88 Å². The van der Waals surface area contributed by atoms with E-state index in [0.29, 0.717) is 313 Å². The molecular weight excluding hydrogens is 1470 g/mol. The molecule has 0 bridgehead atoms. The third-order valence-electron chi connectivity index (χ3n) is 15.7. The van der Waals surface area contributed by atoms with E-state index < -0.39 is 24.0 Å². The summed E-state index contributed by atoms with van der Waals surface area (Å²) in [7, 11) is 0. The lowest BCUT2D eigenvalue weighted by molar-refractivity contribution is -0.192. The van der Waals surface area contributed by atoms with Gasteiger partial charge in [0.2, 0.25) is 11.8 Å². The second-order valence-electron chi connectivity index (χ2n) is 24.7. The molecule has 1 aliphatic carbocycles. The molecule has 0 unspecified atom stereocenters. The first-order valence-corrected chi connectivity index (χ1v) is 38.2. The van der Waals surface area contributed by atoms with Gasteiger partial charge in [-0.05, 0) is 57.8 Å². The number of hydrogen-bond acceptors (Lipinski definition) is 30. The number of nitrogens with two attached hydrogens (primary N) is 1. The number of carboxylic acid groups (broad SMARTS) is 1. The van der Waals surface area contributed by atoms with Crippen LogP contribution in [0, 0.1) is 11.8 Å². The summed E-state index contributed by atoms with van der Waals surface area (Å²) in [4.78, 5) is 62.3. The van der Waals surface area contributed by atoms with Crippen LogP contribution in [-0.4, -0.2) is 356 Å². The molecule has 4 rings (SSSR count). The van der Waals surface area contributed by atoms with Gasteiger partial charge in [0, 0.05) is 57.6 Å². The summed E-state index contributed by atoms with van der Waals surface area (Å²) in [6, 6.07) is 0. The topological polar surface area (TPSA) is 396 Å². The van der Waals surface area contributed by atoms with Gasteiger partial charge in [0.15, 0.2) is 5.82 Å². The van der Waals surface area contributed by atoms with Gasteiger partial charge in [-0.25, -0.2) is 9.78 Å². The lowest BCUT2D eigenvalue weighted by Gasteiger charge is -2.29. The Labute approximate surface area is 644 Å². The van der Waals surface area contributed by atoms with Crippen molar-refractivity contribution < 1.29 is 142 Å². The lowest BCUT2D eigenvalue weighted by atomic mass is 9.82. The quantitative estimate of drug-likeness (QED) is 0.0545. The number of unbranched alkanes of at least 4 members (excludes halogenated alkanes) is 1. The summed E-state index contributed by atoms with van der Waals surface area (Å²) in [5, 5.41) is 21.4. The van der Waals surface area contributed by atoms with Crippen LogP contribution in [0.2, 0.25) is 0 Å². The molecule has 110 heavy (non-hydrogen) atoms. The minimum atomic E-state index is -5.08. The Morgan fingerprint density at radius 2 is 0.791 bits per heavy atom. The van der Waals surface area contributed by atoms with Crippen LogP contribution in [0.1, 0.15) is 78.0 Å². The van der Waals surface area contributed by atoms with Crippen LogP contribution < -0.4 is 21.1 Å². The maximum absolute atomic E-state index is 12.6. The van der Waals surface area contributed by atoms with Crippen molar-refractivity contribution in [3.8, 4) is 5.88 Å². The largest absolute Gasteiger partial charge is 0.490 e. The molecule has 0 radical (unpaired) electrons. The maximum Gasteiger partial charge on any atom is 0.490 e. The van der Waals surface area contributed by atoms with Crippen LogP contribution in [-0.2, 0) is 132 Å². The molecule has 1 fully saturated rings. The van der Waals surface area contributed by atoms with E-state index in [2.05, 4.69) is 32.3 Å². The Balaban J connectivity index is 0.00000426. The normalized spacial score (nSPS) is 14.5. The number of alkyl halides is 3. The Kier molecular flexibility index (Phi) is 60.9. The number of anilines is 1. The number of fused-ring (bicyclic) bond motifs is 1. The summed E-state index contributed by atoms with van der Waals surface area (Å²) in [5.41, 5.74) is 7.75. The third-order valence-corrected chi connectivity index (χ3v) is 15.7. The number of nitrogens with one attached hydrogen (secondary N) is 2. The monoisotopic (exact) mass is 1590 g/mol. The molecule has 5 N–H and O–H groups in total. The van der Waals surface area contributed by atoms with Crippen molar-refractivity contribution in [3.05, 3.63) is 18.0 Å². The Morgan fingerprint density at radius 1 is 0.482 bits per heavy atom. The van der Waals surface area contributed by atoms with Crippen LogP contribution in [0.3, 0.4) is 0 Å². The molecule has 38 heteroatoms. The Bertz CT molecular complexity index is 2640. The molecule has 0 aromatic carbocycles. The number of carboxylic acids is 1. The van der Waals surface area contributed by atoms with Gasteiger partial charge in [-0.1, -0.05) is 13.3 Å². The number of nitrogens with zero attached hydrogens (tertiary/aromatic N) is 5. The maximum atomic E-state index is 12.6. The van der Waals surface area contributed by atoms with E-state index in [-0.39, 0.29) is 30.9 Å². The minimum absolute atomic E-state index is 0.00625. The lowest BCUT2D eigenvalue weighted by Crippen LogP contribution is -2.35. The number of imide groups is 1. The average molecular weight is 1590 g/mol. The van der Waals surface area contributed by atoms with Gasteiger partial charge in [-0.3, -0.25) is 24.1 Å². The molecular formula is C72H125F3N8O27. The SMILES string of the molecule is CCCCc1nc2c(N)nnc(OC(C)C)c2n1C[C@H]1CC[C@H](CNC(=O)CCOCCOCCOCCOCCOCCOCCOCCOCCOCCOCCOCCOCCOCCOCCOCCOCCOCCOCCOCCOCCNC(=O)CCN2C(=O)C=CC2=O)CC1.O=C(O)C(F)(F)F. The van der Waals surface area contributed by atoms with E-state index in [9.17, 15) is 32.3 Å². The van der Waals surface area contributed by atoms with E-state index in [1.54, 1.807) is 0 Å². The fraction of sp³-hybridized carbons (Fsp3) is 0.833. The van der Waals surface area contributed by atoms with Crippen molar-refractivity contribution in [1.82, 2.24) is 35.3 Å². The second kappa shape index (κ2) is 67.9. The first-order chi connectivity index (χ1) is 53.6. The highest BCUT2D eigenvalue weighted by Gasteiger charge is 2.38. The molecule has 2 aromatic rings. The number of carbonyl (C=O) groups is 5. The van der Waals surface area contributed by atoms with Crippen molar-refractivity contribution in [3.63, 3.8) is 0 Å². The van der Waals surface area contributed by atoms with Gasteiger partial charge in [0.05, 0.1) is 270 Å². The molecule has 3 heterocycles. The first-order valence-electron chi connectivity index (χ1n) is 38.2. The first kappa shape index (κ1) is 98.6. The number of imidazole rings is 1. The molecule has 636 valence electrons. The highest BCUT2D eigenvalue weighted by molar-refractivity contribution is 6.13. The molecule has 0 saturated heterocycles. The van der Waals surface area contributed by atoms with Crippen molar-refractivity contribution in [2.45, 2.75) is 97.4 Å². The van der Waals surface area contributed by atoms with Gasteiger partial charge < -0.3 is 126 Å². The van der Waals surface area contributed by atoms with Crippen molar-refractivity contribution in [2.24, 2.45) is 11.8 Å². The summed E-state index contributed by atoms with van der Waals surface area (Å²) < 4.78 is 151. The van der Waals surface area contributed by atoms with Crippen molar-refractivity contribution in [2.75, 3.05) is 290 Å². The van der Waals surface area contributed by atoms with Gasteiger partial charge in [0.25, 0.3) is 17.7 Å². The fourth-order valence-electron chi connectivity index (χ4n) is 10.00. The van der Waals surface area contributed by atoms with Crippen molar-refractivity contribution in [1.29, 1.82) is 0 Å². The number of ether oxygens (including phenoxy) is 21. The zero-order chi connectivity index (χ0) is 79.4. The number of aromatic nitrogens is 4. The molecule has 35 nitrogen and oxygen atoms in total. The van der Waals surface area contributed by atoms with Gasteiger partial charge in [0.1, 0.15) is 16.9 Å². The van der Waals surface area contributed by atoms with E-state index in [0.717, 1.165) is 67.7 Å². The summed E-state index contributed by atoms with van der Waals surface area (Å²) >= 11 is 0. The smallest absolute Gasteiger partial charge is 0.475 e. The van der Waals surface area contributed by atoms with E-state index in [4.69, 9.17) is 120 Å². The van der Waals surface area contributed by atoms with Crippen LogP contribution in [0.25, 0.3) is 11.0 Å². The molecule has 4 amide bonds. The Morgan fingerprint density at radius 3 is 1.11 bits per heavy atom. The van der Waals surface area contributed by atoms with E-state index in [1.165, 1.54) is 12.2 Å². The number of halogens is 3. The highest BCUT2D eigenvalue weighted by atomic mass is 19.4. The third kappa shape index (κ3) is 53.4. The van der Waals surface area contributed by atoms with Gasteiger partial charge in [-0.15, -0.1) is 10.2 Å². The number of aliphatic carboxylic acids is 1. The number of nitrogen functional groups attached to an aromatic ring is 1. The molecule has 0 atom stereocenters. The van der Waals surface area contributed by atoms with Gasteiger partial charge in [-0.2, -0.15) is 13.2 Å². The molecule has 2 aromatic heterocycles. The zero-order valence-corrected chi connectivity index (χ0v) is 64.9. The van der Waals surface area contributed by atoms with Crippen LogP contribution >= 0.6 is 0 Å². The molecule has 2 aliphatic rings. The van der Waals surface area contributed by atoms with Gasteiger partial charge >= 0.3 is 12.1 Å². The fourth-order valence-corrected chi connectivity index (χ4v) is 10.00. The average Bonchev–Trinajstić information content (AvgIpc) is 1.61. The predicted molar refractivity (Wildman–Crippen MR) is 391 cm³/mol. The molecule has 1 aliphatic heterocycles. The number of carbonyl (C=O) groups excluding carboxylic acids is 4. The van der Waals surface area contributed by atoms with E-state index in [1.807, 2.05) is 13.8 Å². The van der Waals surface area contributed by atoms with E-state index >= 15 is 0 Å². The number of aryl methyl sites for hydroxylation is 1. The number of rotatable bonds is 75. The van der Waals surface area contributed by atoms with Crippen LogP contribution in [0.15, 0.2) is 12.2 Å². The van der Waals surface area contributed by atoms with Crippen LogP contribution in [0.4, 0.5) is 19.0 Å². The summed E-state index contributed by atoms with van der Waals surface area (Å²) in [5.74, 6) is -1.05. The summed E-state index contributed by atoms with van der Waals surface area (Å²) in [6.45, 7) is 26.0. The van der Waals surface area contributed by atoms with Crippen molar-refractivity contribution >= 4 is 46.4 Å². The highest BCUT2D eigenvalue weighted by Crippen LogP contribution is 2.34. The zero-order valence-electron chi connectivity index (χ0n) is 64.9. The Hall–Kier alpha value is -5.57. The number of amides is 4.